The van der Waals surface area contributed by atoms with E-state index in [4.69, 9.17) is 4.74 Å². The van der Waals surface area contributed by atoms with Gasteiger partial charge in [-0.25, -0.2) is 9.78 Å². The molecule has 0 spiro atoms. The predicted octanol–water partition coefficient (Wildman–Crippen LogP) is 1.98. The zero-order valence-electron chi connectivity index (χ0n) is 15.2. The van der Waals surface area contributed by atoms with Crippen molar-refractivity contribution in [3.8, 4) is 0 Å². The van der Waals surface area contributed by atoms with E-state index in [2.05, 4.69) is 23.7 Å². The largest absolute Gasteiger partial charge is 0.502 e. The van der Waals surface area contributed by atoms with Gasteiger partial charge in [0.25, 0.3) is 5.69 Å². The second-order valence-electron chi connectivity index (χ2n) is 6.23. The number of hydrogen-bond donors (Lipinski definition) is 1. The Morgan fingerprint density at radius 1 is 1.42 bits per heavy atom. The molecule has 1 fully saturated rings. The zero-order valence-corrected chi connectivity index (χ0v) is 15.2. The van der Waals surface area contributed by atoms with Gasteiger partial charge in [0.2, 0.25) is 5.76 Å². The summed E-state index contributed by atoms with van der Waals surface area (Å²) in [5, 5.41) is 21.1. The molecule has 1 saturated heterocycles. The Morgan fingerprint density at radius 2 is 2.08 bits per heavy atom. The van der Waals surface area contributed by atoms with Gasteiger partial charge in [-0.3, -0.25) is 15.0 Å². The summed E-state index contributed by atoms with van der Waals surface area (Å²) in [5.41, 5.74) is -0.178. The molecule has 1 aromatic rings. The number of nitro groups is 1. The van der Waals surface area contributed by atoms with Gasteiger partial charge in [0, 0.05) is 38.3 Å². The average Bonchev–Trinajstić information content (AvgIpc) is 2.61. The van der Waals surface area contributed by atoms with Crippen LogP contribution in [0.5, 0.6) is 0 Å². The maximum Gasteiger partial charge on any atom is 0.373 e. The fourth-order valence-electron chi connectivity index (χ4n) is 2.77. The maximum atomic E-state index is 11.6. The Morgan fingerprint density at radius 3 is 2.62 bits per heavy atom. The molecule has 2 rings (SSSR count). The number of nitrogens with zero attached hydrogens (tertiary/aromatic N) is 4. The Hall–Kier alpha value is -2.68. The standard InChI is InChI=1S/C17H24N4O5/c1-4-26-17(23)15(22)9-13-10-16(18-11-14(13)21(24)25)20-7-5-19(6-8-20)12(2)3/h9-12,22H,4-8H2,1-3H3. The van der Waals surface area contributed by atoms with Gasteiger partial charge in [-0.2, -0.15) is 0 Å². The molecule has 0 aromatic carbocycles. The van der Waals surface area contributed by atoms with Crippen molar-refractivity contribution in [1.29, 1.82) is 0 Å². The van der Waals surface area contributed by atoms with Gasteiger partial charge in [0.05, 0.1) is 17.1 Å². The van der Waals surface area contributed by atoms with Crippen LogP contribution in [-0.2, 0) is 9.53 Å². The number of pyridine rings is 1. The quantitative estimate of drug-likeness (QED) is 0.268. The summed E-state index contributed by atoms with van der Waals surface area (Å²) in [4.78, 5) is 30.7. The molecule has 26 heavy (non-hydrogen) atoms. The maximum absolute atomic E-state index is 11.6. The summed E-state index contributed by atoms with van der Waals surface area (Å²) in [5.74, 6) is -1.04. The van der Waals surface area contributed by atoms with Crippen LogP contribution >= 0.6 is 0 Å². The van der Waals surface area contributed by atoms with Crippen LogP contribution in [0.4, 0.5) is 11.5 Å². The van der Waals surface area contributed by atoms with Crippen LogP contribution in [0.15, 0.2) is 18.0 Å². The number of carbonyl (C=O) groups is 1. The molecule has 0 unspecified atom stereocenters. The van der Waals surface area contributed by atoms with E-state index in [1.165, 1.54) is 6.07 Å². The minimum Gasteiger partial charge on any atom is -0.502 e. The van der Waals surface area contributed by atoms with Crippen LogP contribution in [0, 0.1) is 10.1 Å². The molecular formula is C17H24N4O5. The molecule has 9 heteroatoms. The van der Waals surface area contributed by atoms with Gasteiger partial charge in [-0.1, -0.05) is 0 Å². The summed E-state index contributed by atoms with van der Waals surface area (Å²) < 4.78 is 4.70. The van der Waals surface area contributed by atoms with E-state index in [0.29, 0.717) is 11.9 Å². The van der Waals surface area contributed by atoms with Crippen molar-refractivity contribution in [3.05, 3.63) is 33.7 Å². The molecule has 0 saturated carbocycles. The Bertz CT molecular complexity index is 696. The zero-order chi connectivity index (χ0) is 19.3. The topological polar surface area (TPSA) is 109 Å². The molecule has 0 atom stereocenters. The molecular weight excluding hydrogens is 340 g/mol. The number of esters is 1. The third kappa shape index (κ3) is 4.69. The van der Waals surface area contributed by atoms with Crippen LogP contribution in [0.25, 0.3) is 6.08 Å². The highest BCUT2D eigenvalue weighted by atomic mass is 16.6. The summed E-state index contributed by atoms with van der Waals surface area (Å²) in [6.45, 7) is 9.22. The van der Waals surface area contributed by atoms with Crippen molar-refractivity contribution in [3.63, 3.8) is 0 Å². The number of aliphatic hydroxyl groups excluding tert-OH is 1. The van der Waals surface area contributed by atoms with Gasteiger partial charge < -0.3 is 14.7 Å². The molecule has 1 N–H and O–H groups in total. The highest BCUT2D eigenvalue weighted by molar-refractivity contribution is 5.91. The number of aliphatic hydroxyl groups is 1. The highest BCUT2D eigenvalue weighted by Gasteiger charge is 2.23. The van der Waals surface area contributed by atoms with Crippen molar-refractivity contribution in [2.24, 2.45) is 0 Å². The number of hydrogen-bond acceptors (Lipinski definition) is 8. The van der Waals surface area contributed by atoms with E-state index in [-0.39, 0.29) is 17.9 Å². The number of anilines is 1. The molecule has 142 valence electrons. The fraction of sp³-hybridized carbons (Fsp3) is 0.529. The lowest BCUT2D eigenvalue weighted by molar-refractivity contribution is -0.385. The third-order valence-corrected chi connectivity index (χ3v) is 4.24. The lowest BCUT2D eigenvalue weighted by Crippen LogP contribution is -2.49. The van der Waals surface area contributed by atoms with Crippen LogP contribution in [0.1, 0.15) is 26.3 Å². The van der Waals surface area contributed by atoms with E-state index in [9.17, 15) is 20.0 Å². The molecule has 9 nitrogen and oxygen atoms in total. The van der Waals surface area contributed by atoms with Gasteiger partial charge in [0.1, 0.15) is 12.0 Å². The number of piperazine rings is 1. The van der Waals surface area contributed by atoms with Crippen LogP contribution < -0.4 is 4.90 Å². The lowest BCUT2D eigenvalue weighted by atomic mass is 10.1. The summed E-state index contributed by atoms with van der Waals surface area (Å²) >= 11 is 0. The number of rotatable bonds is 6. The smallest absolute Gasteiger partial charge is 0.373 e. The first kappa shape index (κ1) is 19.6. The first-order valence-corrected chi connectivity index (χ1v) is 8.54. The van der Waals surface area contributed by atoms with Crippen molar-refractivity contribution in [2.45, 2.75) is 26.8 Å². The van der Waals surface area contributed by atoms with Gasteiger partial charge in [0.15, 0.2) is 0 Å². The van der Waals surface area contributed by atoms with E-state index in [1.54, 1.807) is 6.92 Å². The van der Waals surface area contributed by atoms with Gasteiger partial charge in [-0.15, -0.1) is 0 Å². The molecule has 0 amide bonds. The van der Waals surface area contributed by atoms with Crippen LogP contribution in [0.3, 0.4) is 0 Å². The van der Waals surface area contributed by atoms with E-state index in [1.807, 2.05) is 4.90 Å². The Kier molecular flexibility index (Phi) is 6.51. The molecule has 1 aliphatic heterocycles. The van der Waals surface area contributed by atoms with Crippen molar-refractivity contribution < 1.29 is 19.6 Å². The average molecular weight is 364 g/mol. The second-order valence-corrected chi connectivity index (χ2v) is 6.23. The van der Waals surface area contributed by atoms with Gasteiger partial charge >= 0.3 is 5.97 Å². The normalized spacial score (nSPS) is 16.0. The molecule has 1 aromatic heterocycles. The monoisotopic (exact) mass is 364 g/mol. The second kappa shape index (κ2) is 8.61. The highest BCUT2D eigenvalue weighted by Crippen LogP contribution is 2.25. The Labute approximate surface area is 152 Å². The van der Waals surface area contributed by atoms with E-state index >= 15 is 0 Å². The first-order chi connectivity index (χ1) is 12.3. The van der Waals surface area contributed by atoms with Crippen molar-refractivity contribution in [2.75, 3.05) is 37.7 Å². The molecule has 0 aliphatic carbocycles. The van der Waals surface area contributed by atoms with Crippen molar-refractivity contribution >= 4 is 23.6 Å². The number of ether oxygens (including phenoxy) is 1. The number of carbonyl (C=O) groups excluding carboxylic acids is 1. The molecule has 2 heterocycles. The number of aromatic nitrogens is 1. The fourth-order valence-corrected chi connectivity index (χ4v) is 2.77. The van der Waals surface area contributed by atoms with Crippen LogP contribution in [0.2, 0.25) is 0 Å². The molecule has 0 radical (unpaired) electrons. The predicted molar refractivity (Wildman–Crippen MR) is 97.1 cm³/mol. The summed E-state index contributed by atoms with van der Waals surface area (Å²) in [6.07, 6.45) is 2.19. The SMILES string of the molecule is CCOC(=O)C(O)=Cc1cc(N2CCN(C(C)C)CC2)ncc1[N+](=O)[O-]. The lowest BCUT2D eigenvalue weighted by Gasteiger charge is -2.37. The first-order valence-electron chi connectivity index (χ1n) is 8.54. The Balaban J connectivity index is 2.27. The minimum absolute atomic E-state index is 0.0978. The van der Waals surface area contributed by atoms with Gasteiger partial charge in [-0.05, 0) is 26.8 Å². The third-order valence-electron chi connectivity index (χ3n) is 4.24. The summed E-state index contributed by atoms with van der Waals surface area (Å²) in [6, 6.07) is 1.97. The summed E-state index contributed by atoms with van der Waals surface area (Å²) in [7, 11) is 0. The minimum atomic E-state index is -0.925. The molecule has 1 aliphatic rings. The van der Waals surface area contributed by atoms with Crippen LogP contribution in [-0.4, -0.2) is 64.7 Å². The van der Waals surface area contributed by atoms with Crippen molar-refractivity contribution in [1.82, 2.24) is 9.88 Å². The van der Waals surface area contributed by atoms with E-state index < -0.39 is 16.7 Å². The van der Waals surface area contributed by atoms with E-state index in [0.717, 1.165) is 38.5 Å². The molecule has 0 bridgehead atoms.